The third-order valence-electron chi connectivity index (χ3n) is 12.7. The van der Waals surface area contributed by atoms with Crippen LogP contribution in [0, 0.1) is 27.6 Å². The number of carbonyl (C=O) groups is 3. The molecule has 0 saturated heterocycles. The van der Waals surface area contributed by atoms with Crippen molar-refractivity contribution in [1.29, 1.82) is 0 Å². The molecule has 0 spiro atoms. The van der Waals surface area contributed by atoms with Crippen molar-refractivity contribution in [3.05, 3.63) is 81.7 Å². The van der Waals surface area contributed by atoms with Gasteiger partial charge in [0.2, 0.25) is 5.78 Å². The number of hydrogen-bond acceptors (Lipinski definition) is 4. The van der Waals surface area contributed by atoms with Crippen molar-refractivity contribution < 1.29 is 29.7 Å². The molecule has 0 unspecified atom stereocenters. The molecule has 41 heavy (non-hydrogen) atoms. The van der Waals surface area contributed by atoms with Gasteiger partial charge in [-0.15, -0.1) is 0 Å². The van der Waals surface area contributed by atoms with E-state index in [1.165, 1.54) is 11.6 Å². The SMILES string of the molecule is CC1=C(O)C(=O)C=C2C1=CC=C1[C@@]2(C)CC[C@@]2(C)[C@@H]3C[C@@](C(=O)O)(c4cccc(C(=O)O)c4)CC[C@]3(C)CC[C@]12C. The maximum atomic E-state index is 13.2. The number of carboxylic acid groups (broad SMARTS) is 2. The van der Waals surface area contributed by atoms with Crippen LogP contribution in [-0.4, -0.2) is 33.0 Å². The summed E-state index contributed by atoms with van der Waals surface area (Å²) in [6.07, 6.45) is 11.3. The molecule has 3 N–H and O–H groups in total. The minimum Gasteiger partial charge on any atom is -0.504 e. The van der Waals surface area contributed by atoms with E-state index in [4.69, 9.17) is 0 Å². The van der Waals surface area contributed by atoms with Crippen LogP contribution in [0.5, 0.6) is 0 Å². The Morgan fingerprint density at radius 2 is 1.63 bits per heavy atom. The Balaban J connectivity index is 1.47. The summed E-state index contributed by atoms with van der Waals surface area (Å²) in [6, 6.07) is 6.54. The number of allylic oxidation sites excluding steroid dienone is 7. The van der Waals surface area contributed by atoms with Crippen molar-refractivity contribution in [2.45, 2.75) is 85.0 Å². The van der Waals surface area contributed by atoms with E-state index in [2.05, 4.69) is 39.8 Å². The molecule has 0 radical (unpaired) electrons. The first-order valence-electron chi connectivity index (χ1n) is 14.8. The second-order valence-corrected chi connectivity index (χ2v) is 14.3. The molecule has 3 saturated carbocycles. The van der Waals surface area contributed by atoms with Gasteiger partial charge in [-0.1, -0.05) is 57.6 Å². The molecule has 3 fully saturated rings. The predicted molar refractivity (Wildman–Crippen MR) is 156 cm³/mol. The van der Waals surface area contributed by atoms with Gasteiger partial charge in [-0.25, -0.2) is 4.79 Å². The number of fused-ring (bicyclic) bond motifs is 7. The van der Waals surface area contributed by atoms with Crippen LogP contribution >= 0.6 is 0 Å². The van der Waals surface area contributed by atoms with Crippen LogP contribution in [0.1, 0.15) is 95.5 Å². The average molecular weight is 557 g/mol. The fraction of sp³-hybridized carbons (Fsp3) is 0.514. The Hall–Kier alpha value is -3.41. The lowest BCUT2D eigenvalue weighted by Crippen LogP contribution is -2.63. The lowest BCUT2D eigenvalue weighted by Gasteiger charge is -2.70. The highest BCUT2D eigenvalue weighted by Crippen LogP contribution is 2.75. The topological polar surface area (TPSA) is 112 Å². The fourth-order valence-corrected chi connectivity index (χ4v) is 9.82. The van der Waals surface area contributed by atoms with Gasteiger partial charge in [0.15, 0.2) is 5.76 Å². The zero-order valence-electron chi connectivity index (χ0n) is 24.6. The van der Waals surface area contributed by atoms with Crippen LogP contribution in [0.2, 0.25) is 0 Å². The standard InChI is InChI=1S/C35H40O6/c1-20-23-9-10-26-32(3,24(23)18-25(36)28(20)37)13-15-34(5)27-19-35(30(40)41,22-8-6-7-21(17-22)29(38)39)16-12-31(27,2)11-14-33(26,34)4/h6-10,17-18,27,37H,11-16,19H2,1-5H3,(H,38,39)(H,40,41)/t27-,31+,32+,33-,34+,35-/m1/s1. The van der Waals surface area contributed by atoms with Crippen molar-refractivity contribution >= 4 is 17.7 Å². The van der Waals surface area contributed by atoms with E-state index in [0.29, 0.717) is 24.0 Å². The molecule has 0 heterocycles. The van der Waals surface area contributed by atoms with Crippen molar-refractivity contribution in [2.24, 2.45) is 27.6 Å². The highest BCUT2D eigenvalue weighted by molar-refractivity contribution is 6.06. The summed E-state index contributed by atoms with van der Waals surface area (Å²) in [6.45, 7) is 11.1. The third kappa shape index (κ3) is 3.45. The van der Waals surface area contributed by atoms with E-state index in [1.54, 1.807) is 24.3 Å². The normalized spacial score (nSPS) is 39.8. The number of carboxylic acids is 2. The van der Waals surface area contributed by atoms with E-state index >= 15 is 0 Å². The van der Waals surface area contributed by atoms with E-state index in [1.807, 2.05) is 6.92 Å². The van der Waals surface area contributed by atoms with E-state index in [9.17, 15) is 29.7 Å². The largest absolute Gasteiger partial charge is 0.504 e. The fourth-order valence-electron chi connectivity index (χ4n) is 9.82. The summed E-state index contributed by atoms with van der Waals surface area (Å²) >= 11 is 0. The minimum atomic E-state index is -1.15. The highest BCUT2D eigenvalue weighted by atomic mass is 16.4. The minimum absolute atomic E-state index is 0.0211. The number of carbonyl (C=O) groups excluding carboxylic acids is 1. The van der Waals surface area contributed by atoms with Crippen molar-refractivity contribution in [2.75, 3.05) is 0 Å². The van der Waals surface area contributed by atoms with Crippen molar-refractivity contribution in [3.63, 3.8) is 0 Å². The summed E-state index contributed by atoms with van der Waals surface area (Å²) in [5.74, 6) is -2.34. The van der Waals surface area contributed by atoms with E-state index < -0.39 is 17.4 Å². The lowest BCUT2D eigenvalue weighted by molar-refractivity contribution is -0.169. The van der Waals surface area contributed by atoms with Gasteiger partial charge in [0.1, 0.15) is 0 Å². The summed E-state index contributed by atoms with van der Waals surface area (Å²) < 4.78 is 0. The van der Waals surface area contributed by atoms with Crippen LogP contribution in [0.25, 0.3) is 0 Å². The number of benzene rings is 1. The second kappa shape index (κ2) is 8.56. The van der Waals surface area contributed by atoms with E-state index in [0.717, 1.165) is 43.3 Å². The van der Waals surface area contributed by atoms with Crippen LogP contribution in [0.3, 0.4) is 0 Å². The Morgan fingerprint density at radius 3 is 2.32 bits per heavy atom. The number of aliphatic carboxylic acids is 1. The first-order valence-corrected chi connectivity index (χ1v) is 14.8. The number of aliphatic hydroxyl groups is 1. The molecule has 0 aromatic heterocycles. The lowest BCUT2D eigenvalue weighted by atomic mass is 9.34. The first-order chi connectivity index (χ1) is 19.1. The molecule has 0 amide bonds. The molecule has 6 rings (SSSR count). The molecule has 216 valence electrons. The van der Waals surface area contributed by atoms with Gasteiger partial charge in [-0.05, 0) is 109 Å². The molecule has 0 aliphatic heterocycles. The van der Waals surface area contributed by atoms with Gasteiger partial charge < -0.3 is 15.3 Å². The van der Waals surface area contributed by atoms with Gasteiger partial charge in [-0.2, -0.15) is 0 Å². The quantitative estimate of drug-likeness (QED) is 0.359. The Bertz CT molecular complexity index is 1540. The maximum Gasteiger partial charge on any atom is 0.335 e. The molecule has 6 nitrogen and oxygen atoms in total. The average Bonchev–Trinajstić information content (AvgIpc) is 2.93. The highest BCUT2D eigenvalue weighted by Gasteiger charge is 2.68. The molecular formula is C35H40O6. The molecule has 1 aromatic carbocycles. The Kier molecular flexibility index (Phi) is 5.79. The molecule has 0 bridgehead atoms. The summed E-state index contributed by atoms with van der Waals surface area (Å²) in [5, 5.41) is 30.8. The summed E-state index contributed by atoms with van der Waals surface area (Å²) in [7, 11) is 0. The Labute approximate surface area is 241 Å². The number of aliphatic hydroxyl groups excluding tert-OH is 1. The van der Waals surface area contributed by atoms with Crippen LogP contribution in [0.4, 0.5) is 0 Å². The molecule has 5 aliphatic carbocycles. The summed E-state index contributed by atoms with van der Waals surface area (Å²) in [5.41, 5.74) is 2.60. The predicted octanol–water partition coefficient (Wildman–Crippen LogP) is 7.33. The van der Waals surface area contributed by atoms with Crippen LogP contribution in [-0.2, 0) is 15.0 Å². The van der Waals surface area contributed by atoms with Crippen LogP contribution in [0.15, 0.2) is 70.5 Å². The van der Waals surface area contributed by atoms with Gasteiger partial charge in [-0.3, -0.25) is 9.59 Å². The number of rotatable bonds is 3. The van der Waals surface area contributed by atoms with Gasteiger partial charge >= 0.3 is 11.9 Å². The number of aromatic carboxylic acids is 1. The van der Waals surface area contributed by atoms with E-state index in [-0.39, 0.29) is 44.7 Å². The zero-order valence-corrected chi connectivity index (χ0v) is 24.6. The summed E-state index contributed by atoms with van der Waals surface area (Å²) in [4.78, 5) is 37.7. The smallest absolute Gasteiger partial charge is 0.335 e. The van der Waals surface area contributed by atoms with Crippen molar-refractivity contribution in [1.82, 2.24) is 0 Å². The van der Waals surface area contributed by atoms with Gasteiger partial charge in [0.05, 0.1) is 11.0 Å². The first kappa shape index (κ1) is 27.7. The molecule has 6 heteroatoms. The number of ketones is 1. The number of hydrogen-bond donors (Lipinski definition) is 3. The molecule has 5 aliphatic rings. The molecule has 6 atom stereocenters. The zero-order chi connectivity index (χ0) is 29.8. The third-order valence-corrected chi connectivity index (χ3v) is 12.7. The molecule has 1 aromatic rings. The maximum absolute atomic E-state index is 13.2. The van der Waals surface area contributed by atoms with Gasteiger partial charge in [0, 0.05) is 11.0 Å². The van der Waals surface area contributed by atoms with Gasteiger partial charge in [0.25, 0.3) is 0 Å². The Morgan fingerprint density at radius 1 is 0.927 bits per heavy atom. The van der Waals surface area contributed by atoms with Crippen molar-refractivity contribution in [3.8, 4) is 0 Å². The monoisotopic (exact) mass is 556 g/mol. The van der Waals surface area contributed by atoms with Crippen LogP contribution < -0.4 is 0 Å². The molecular weight excluding hydrogens is 516 g/mol. The second-order valence-electron chi connectivity index (χ2n) is 14.3.